The molecule has 2 aromatic heterocycles. The highest BCUT2D eigenvalue weighted by molar-refractivity contribution is 5.94. The number of aromatic nitrogens is 3. The van der Waals surface area contributed by atoms with Crippen LogP contribution in [0.3, 0.4) is 0 Å². The molecule has 2 aliphatic rings. The average Bonchev–Trinajstić information content (AvgIpc) is 2.75. The molecule has 0 unspecified atom stereocenters. The number of carbonyl (C=O) groups is 1. The van der Waals surface area contributed by atoms with E-state index in [0.29, 0.717) is 24.7 Å². The molecule has 7 nitrogen and oxygen atoms in total. The molecule has 0 atom stereocenters. The van der Waals surface area contributed by atoms with Gasteiger partial charge in [-0.05, 0) is 31.0 Å². The van der Waals surface area contributed by atoms with Crippen LogP contribution in [-0.2, 0) is 0 Å². The summed E-state index contributed by atoms with van der Waals surface area (Å²) in [5.74, 6) is 1.63. The standard InChI is InChI=1S/C20H26N6O/c27-19(25-11-13-26(14-12-25)20-21-9-4-10-22-20)16-7-8-18(23-15-16)24-17-5-2-1-3-6-17/h4,7-10,15,17H,1-3,5-6,11-14H2,(H,23,24). The fourth-order valence-corrected chi connectivity index (χ4v) is 3.81. The number of piperazine rings is 1. The van der Waals surface area contributed by atoms with E-state index in [9.17, 15) is 4.79 Å². The third-order valence-corrected chi connectivity index (χ3v) is 5.37. The van der Waals surface area contributed by atoms with Crippen LogP contribution in [-0.4, -0.2) is 58.0 Å². The summed E-state index contributed by atoms with van der Waals surface area (Å²) in [5.41, 5.74) is 0.647. The van der Waals surface area contributed by atoms with E-state index in [0.717, 1.165) is 24.9 Å². The molecule has 0 radical (unpaired) electrons. The van der Waals surface area contributed by atoms with Gasteiger partial charge in [-0.2, -0.15) is 0 Å². The molecule has 1 saturated carbocycles. The quantitative estimate of drug-likeness (QED) is 0.896. The van der Waals surface area contributed by atoms with E-state index < -0.39 is 0 Å². The number of nitrogens with one attached hydrogen (secondary N) is 1. The van der Waals surface area contributed by atoms with Gasteiger partial charge >= 0.3 is 0 Å². The minimum atomic E-state index is 0.0420. The molecule has 142 valence electrons. The van der Waals surface area contributed by atoms with Gasteiger partial charge in [-0.25, -0.2) is 15.0 Å². The van der Waals surface area contributed by atoms with Crippen molar-refractivity contribution in [3.63, 3.8) is 0 Å². The van der Waals surface area contributed by atoms with Gasteiger partial charge in [0.15, 0.2) is 0 Å². The lowest BCUT2D eigenvalue weighted by Gasteiger charge is -2.34. The molecule has 2 fully saturated rings. The van der Waals surface area contributed by atoms with Crippen LogP contribution in [0.2, 0.25) is 0 Å². The molecule has 27 heavy (non-hydrogen) atoms. The van der Waals surface area contributed by atoms with Crippen LogP contribution in [0.4, 0.5) is 11.8 Å². The topological polar surface area (TPSA) is 74.2 Å². The van der Waals surface area contributed by atoms with Crippen LogP contribution in [0.5, 0.6) is 0 Å². The third kappa shape index (κ3) is 4.35. The van der Waals surface area contributed by atoms with E-state index in [4.69, 9.17) is 0 Å². The Morgan fingerprint density at radius 1 is 0.963 bits per heavy atom. The Morgan fingerprint density at radius 2 is 1.70 bits per heavy atom. The van der Waals surface area contributed by atoms with Crippen molar-refractivity contribution in [2.75, 3.05) is 36.4 Å². The number of anilines is 2. The summed E-state index contributed by atoms with van der Waals surface area (Å²) in [4.78, 5) is 29.8. The molecule has 1 aliphatic carbocycles. The van der Waals surface area contributed by atoms with Gasteiger partial charge < -0.3 is 15.1 Å². The molecule has 0 spiro atoms. The largest absolute Gasteiger partial charge is 0.367 e. The van der Waals surface area contributed by atoms with Gasteiger partial charge in [-0.3, -0.25) is 4.79 Å². The summed E-state index contributed by atoms with van der Waals surface area (Å²) in [6.07, 6.45) is 11.5. The molecule has 2 aromatic rings. The second-order valence-electron chi connectivity index (χ2n) is 7.24. The van der Waals surface area contributed by atoms with Crippen molar-refractivity contribution in [3.8, 4) is 0 Å². The molecular formula is C20H26N6O. The Balaban J connectivity index is 1.32. The molecule has 1 saturated heterocycles. The second-order valence-corrected chi connectivity index (χ2v) is 7.24. The van der Waals surface area contributed by atoms with E-state index in [1.54, 1.807) is 18.6 Å². The first kappa shape index (κ1) is 17.7. The van der Waals surface area contributed by atoms with Gasteiger partial charge in [-0.1, -0.05) is 19.3 Å². The molecule has 0 bridgehead atoms. The smallest absolute Gasteiger partial charge is 0.255 e. The Morgan fingerprint density at radius 3 is 2.37 bits per heavy atom. The highest BCUT2D eigenvalue weighted by Crippen LogP contribution is 2.21. The zero-order chi connectivity index (χ0) is 18.5. The van der Waals surface area contributed by atoms with Crippen molar-refractivity contribution in [2.45, 2.75) is 38.1 Å². The first-order valence-corrected chi connectivity index (χ1v) is 9.83. The van der Waals surface area contributed by atoms with E-state index >= 15 is 0 Å². The Bertz CT molecular complexity index is 737. The Labute approximate surface area is 159 Å². The van der Waals surface area contributed by atoms with Crippen LogP contribution >= 0.6 is 0 Å². The lowest BCUT2D eigenvalue weighted by atomic mass is 9.95. The lowest BCUT2D eigenvalue weighted by Crippen LogP contribution is -2.49. The fourth-order valence-electron chi connectivity index (χ4n) is 3.81. The summed E-state index contributed by atoms with van der Waals surface area (Å²) < 4.78 is 0. The van der Waals surface area contributed by atoms with Crippen LogP contribution in [0.1, 0.15) is 42.5 Å². The van der Waals surface area contributed by atoms with Gasteiger partial charge in [0.05, 0.1) is 5.56 Å². The first-order chi connectivity index (χ1) is 13.3. The van der Waals surface area contributed by atoms with Crippen LogP contribution in [0.25, 0.3) is 0 Å². The number of rotatable bonds is 4. The molecule has 1 aliphatic heterocycles. The van der Waals surface area contributed by atoms with E-state index in [-0.39, 0.29) is 5.91 Å². The highest BCUT2D eigenvalue weighted by Gasteiger charge is 2.23. The maximum absolute atomic E-state index is 12.8. The minimum Gasteiger partial charge on any atom is -0.367 e. The SMILES string of the molecule is O=C(c1ccc(NC2CCCCC2)nc1)N1CCN(c2ncccn2)CC1. The monoisotopic (exact) mass is 366 g/mol. The maximum atomic E-state index is 12.8. The van der Waals surface area contributed by atoms with Crippen LogP contribution < -0.4 is 10.2 Å². The molecule has 7 heteroatoms. The number of carbonyl (C=O) groups excluding carboxylic acids is 1. The Kier molecular flexibility index (Phi) is 5.46. The molecule has 1 N–H and O–H groups in total. The van der Waals surface area contributed by atoms with Gasteiger partial charge in [0.2, 0.25) is 5.95 Å². The van der Waals surface area contributed by atoms with Gasteiger partial charge in [0.1, 0.15) is 5.82 Å². The number of amides is 1. The number of hydrogen-bond acceptors (Lipinski definition) is 6. The van der Waals surface area contributed by atoms with Crippen molar-refractivity contribution in [2.24, 2.45) is 0 Å². The molecule has 3 heterocycles. The summed E-state index contributed by atoms with van der Waals surface area (Å²) in [6, 6.07) is 6.13. The van der Waals surface area contributed by atoms with Crippen LogP contribution in [0, 0.1) is 0 Å². The number of nitrogens with zero attached hydrogens (tertiary/aromatic N) is 5. The van der Waals surface area contributed by atoms with E-state index in [1.807, 2.05) is 23.1 Å². The minimum absolute atomic E-state index is 0.0420. The van der Waals surface area contributed by atoms with Crippen molar-refractivity contribution in [1.29, 1.82) is 0 Å². The van der Waals surface area contributed by atoms with E-state index in [2.05, 4.69) is 25.2 Å². The van der Waals surface area contributed by atoms with Gasteiger partial charge in [0.25, 0.3) is 5.91 Å². The Hall–Kier alpha value is -2.70. The van der Waals surface area contributed by atoms with E-state index in [1.165, 1.54) is 32.1 Å². The highest BCUT2D eigenvalue weighted by atomic mass is 16.2. The van der Waals surface area contributed by atoms with Crippen LogP contribution in [0.15, 0.2) is 36.8 Å². The zero-order valence-electron chi connectivity index (χ0n) is 15.5. The average molecular weight is 366 g/mol. The predicted octanol–water partition coefficient (Wildman–Crippen LogP) is 2.58. The third-order valence-electron chi connectivity index (χ3n) is 5.37. The first-order valence-electron chi connectivity index (χ1n) is 9.83. The van der Waals surface area contributed by atoms with Crippen molar-refractivity contribution in [1.82, 2.24) is 19.9 Å². The molecule has 4 rings (SSSR count). The summed E-state index contributed by atoms with van der Waals surface area (Å²) in [6.45, 7) is 2.81. The molecule has 1 amide bonds. The van der Waals surface area contributed by atoms with Crippen molar-refractivity contribution < 1.29 is 4.79 Å². The summed E-state index contributed by atoms with van der Waals surface area (Å²) >= 11 is 0. The number of hydrogen-bond donors (Lipinski definition) is 1. The fraction of sp³-hybridized carbons (Fsp3) is 0.500. The predicted molar refractivity (Wildman–Crippen MR) is 105 cm³/mol. The zero-order valence-corrected chi connectivity index (χ0v) is 15.5. The van der Waals surface area contributed by atoms with Gasteiger partial charge in [0, 0.05) is 50.8 Å². The molecule has 0 aromatic carbocycles. The summed E-state index contributed by atoms with van der Waals surface area (Å²) in [7, 11) is 0. The number of pyridine rings is 1. The summed E-state index contributed by atoms with van der Waals surface area (Å²) in [5, 5.41) is 3.49. The van der Waals surface area contributed by atoms with Gasteiger partial charge in [-0.15, -0.1) is 0 Å². The van der Waals surface area contributed by atoms with Crippen molar-refractivity contribution in [3.05, 3.63) is 42.4 Å². The molecular weight excluding hydrogens is 340 g/mol. The normalized spacial score (nSPS) is 18.4. The lowest BCUT2D eigenvalue weighted by molar-refractivity contribution is 0.0746. The maximum Gasteiger partial charge on any atom is 0.255 e. The second kappa shape index (κ2) is 8.33. The van der Waals surface area contributed by atoms with Crippen molar-refractivity contribution >= 4 is 17.7 Å².